The van der Waals surface area contributed by atoms with Crippen LogP contribution in [0, 0.1) is 0 Å². The van der Waals surface area contributed by atoms with Crippen LogP contribution in [0.5, 0.6) is 0 Å². The van der Waals surface area contributed by atoms with Crippen LogP contribution in [0.25, 0.3) is 0 Å². The van der Waals surface area contributed by atoms with Gasteiger partial charge in [0.05, 0.1) is 0 Å². The zero-order valence-electron chi connectivity index (χ0n) is 11.8. The summed E-state index contributed by atoms with van der Waals surface area (Å²) in [7, 11) is 5.10. The third-order valence-electron chi connectivity index (χ3n) is 2.53. The van der Waals surface area contributed by atoms with Crippen LogP contribution >= 0.6 is 0 Å². The minimum Gasteiger partial charge on any atom is -0.415 e. The average molecular weight is 307 g/mol. The molecule has 0 aliphatic rings. The Morgan fingerprint density at radius 3 is 2.16 bits per heavy atom. The van der Waals surface area contributed by atoms with Crippen molar-refractivity contribution in [3.05, 3.63) is 0 Å². The molecule has 0 saturated carbocycles. The molecule has 0 atom stereocenters. The summed E-state index contributed by atoms with van der Waals surface area (Å²) in [5, 5.41) is 5.49. The molecular formula is C10H23N2O5Si2. The summed E-state index contributed by atoms with van der Waals surface area (Å²) in [4.78, 5) is 11.4. The highest BCUT2D eigenvalue weighted by Crippen LogP contribution is 2.13. The second-order valence-corrected chi connectivity index (χ2v) is 7.32. The van der Waals surface area contributed by atoms with E-state index in [2.05, 4.69) is 21.1 Å². The first kappa shape index (κ1) is 18.5. The lowest BCUT2D eigenvalue weighted by Crippen LogP contribution is -2.44. The largest absolute Gasteiger partial charge is 0.489 e. The van der Waals surface area contributed by atoms with E-state index in [0.717, 1.165) is 6.42 Å². The Hall–Kier alpha value is -0.456. The van der Waals surface area contributed by atoms with E-state index in [4.69, 9.17) is 17.7 Å². The fraction of sp³-hybridized carbons (Fsp3) is 0.900. The molecule has 0 fully saturated rings. The molecule has 0 unspecified atom stereocenters. The predicted octanol–water partition coefficient (Wildman–Crippen LogP) is 0.0440. The van der Waals surface area contributed by atoms with E-state index in [-0.39, 0.29) is 6.03 Å². The molecule has 0 rings (SSSR count). The maximum atomic E-state index is 11.4. The van der Waals surface area contributed by atoms with Gasteiger partial charge in [0.1, 0.15) is 0 Å². The SMILES string of the molecule is COCCCNC(=O)NCCC[Si](OC)(OC)O[Si]. The van der Waals surface area contributed by atoms with Crippen molar-refractivity contribution in [1.29, 1.82) is 0 Å². The van der Waals surface area contributed by atoms with Gasteiger partial charge in [0, 0.05) is 47.1 Å². The number of amides is 2. The van der Waals surface area contributed by atoms with Crippen LogP contribution < -0.4 is 10.6 Å². The van der Waals surface area contributed by atoms with Crippen LogP contribution in [0.3, 0.4) is 0 Å². The lowest BCUT2D eigenvalue weighted by molar-refractivity contribution is 0.165. The highest BCUT2D eigenvalue weighted by Gasteiger charge is 2.36. The van der Waals surface area contributed by atoms with Crippen molar-refractivity contribution in [2.45, 2.75) is 18.9 Å². The summed E-state index contributed by atoms with van der Waals surface area (Å²) < 4.78 is 20.5. The van der Waals surface area contributed by atoms with Gasteiger partial charge in [-0.25, -0.2) is 4.79 Å². The van der Waals surface area contributed by atoms with E-state index >= 15 is 0 Å². The first-order chi connectivity index (χ1) is 9.14. The summed E-state index contributed by atoms with van der Waals surface area (Å²) in [6.07, 6.45) is 1.51. The predicted molar refractivity (Wildman–Crippen MR) is 73.9 cm³/mol. The van der Waals surface area contributed by atoms with Crippen LogP contribution in [0.1, 0.15) is 12.8 Å². The number of carbonyl (C=O) groups is 1. The Morgan fingerprint density at radius 2 is 1.68 bits per heavy atom. The van der Waals surface area contributed by atoms with Gasteiger partial charge >= 0.3 is 14.8 Å². The number of methoxy groups -OCH3 is 1. The summed E-state index contributed by atoms with van der Waals surface area (Å²) >= 11 is 0. The minimum absolute atomic E-state index is 0.183. The van der Waals surface area contributed by atoms with Crippen molar-refractivity contribution in [2.24, 2.45) is 0 Å². The molecule has 2 amide bonds. The van der Waals surface area contributed by atoms with Crippen molar-refractivity contribution in [1.82, 2.24) is 10.6 Å². The van der Waals surface area contributed by atoms with E-state index in [9.17, 15) is 4.79 Å². The third kappa shape index (κ3) is 8.34. The van der Waals surface area contributed by atoms with Crippen LogP contribution in [-0.2, 0) is 17.7 Å². The minimum atomic E-state index is -2.60. The Morgan fingerprint density at radius 1 is 1.11 bits per heavy atom. The Kier molecular flexibility index (Phi) is 11.1. The van der Waals surface area contributed by atoms with Crippen molar-refractivity contribution >= 4 is 25.3 Å². The summed E-state index contributed by atoms with van der Waals surface area (Å²) in [5.74, 6) is 0. The van der Waals surface area contributed by atoms with Gasteiger partial charge in [-0.05, 0) is 12.8 Å². The second kappa shape index (κ2) is 11.4. The number of rotatable bonds is 11. The monoisotopic (exact) mass is 307 g/mol. The maximum Gasteiger partial charge on any atom is 0.489 e. The topological polar surface area (TPSA) is 78.1 Å². The van der Waals surface area contributed by atoms with Gasteiger partial charge in [-0.2, -0.15) is 0 Å². The second-order valence-electron chi connectivity index (χ2n) is 3.83. The van der Waals surface area contributed by atoms with Gasteiger partial charge < -0.3 is 28.3 Å². The summed E-state index contributed by atoms with van der Waals surface area (Å²) in [6.45, 7) is 1.77. The molecule has 19 heavy (non-hydrogen) atoms. The number of carbonyl (C=O) groups excluding carboxylic acids is 1. The molecule has 2 N–H and O–H groups in total. The molecule has 0 aromatic rings. The highest BCUT2D eigenvalue weighted by atomic mass is 28.4. The smallest absolute Gasteiger partial charge is 0.415 e. The molecule has 3 radical (unpaired) electrons. The summed E-state index contributed by atoms with van der Waals surface area (Å²) in [6, 6.07) is 0.436. The first-order valence-electron chi connectivity index (χ1n) is 6.09. The van der Waals surface area contributed by atoms with E-state index in [1.807, 2.05) is 0 Å². The molecule has 111 valence electrons. The van der Waals surface area contributed by atoms with Crippen LogP contribution in [-0.4, -0.2) is 66.3 Å². The van der Waals surface area contributed by atoms with E-state index in [1.54, 1.807) is 21.3 Å². The van der Waals surface area contributed by atoms with Crippen molar-refractivity contribution in [3.8, 4) is 0 Å². The van der Waals surface area contributed by atoms with E-state index in [1.165, 1.54) is 0 Å². The van der Waals surface area contributed by atoms with Gasteiger partial charge in [-0.1, -0.05) is 0 Å². The molecule has 0 aliphatic carbocycles. The molecular weight excluding hydrogens is 284 g/mol. The van der Waals surface area contributed by atoms with Crippen LogP contribution in [0.15, 0.2) is 0 Å². The number of ether oxygens (including phenoxy) is 1. The Bertz CT molecular complexity index is 234. The van der Waals surface area contributed by atoms with Crippen LogP contribution in [0.2, 0.25) is 6.04 Å². The molecule has 0 aromatic heterocycles. The van der Waals surface area contributed by atoms with Crippen molar-refractivity contribution in [3.63, 3.8) is 0 Å². The molecule has 9 heteroatoms. The fourth-order valence-corrected chi connectivity index (χ4v) is 3.67. The van der Waals surface area contributed by atoms with Crippen molar-refractivity contribution in [2.75, 3.05) is 41.0 Å². The standard InChI is InChI=1S/C10H23N2O5Si2/c1-14-8-4-6-11-10(13)12-7-5-9-19(15-2,16-3)17-18/h4-9H2,1-3H3,(H2,11,12,13). The van der Waals surface area contributed by atoms with Gasteiger partial charge in [0.25, 0.3) is 0 Å². The molecule has 0 bridgehead atoms. The van der Waals surface area contributed by atoms with E-state index in [0.29, 0.717) is 32.2 Å². The molecule has 0 spiro atoms. The zero-order chi connectivity index (χ0) is 14.6. The van der Waals surface area contributed by atoms with Gasteiger partial charge in [0.15, 0.2) is 0 Å². The molecule has 0 aromatic carbocycles. The third-order valence-corrected chi connectivity index (χ3v) is 5.99. The summed E-state index contributed by atoms with van der Waals surface area (Å²) in [5.41, 5.74) is 0. The Balaban J connectivity index is 3.64. The fourth-order valence-electron chi connectivity index (χ4n) is 1.41. The average Bonchev–Trinajstić information content (AvgIpc) is 2.45. The maximum absolute atomic E-state index is 11.4. The zero-order valence-corrected chi connectivity index (χ0v) is 13.8. The molecule has 0 heterocycles. The van der Waals surface area contributed by atoms with Crippen molar-refractivity contribution < 1.29 is 22.5 Å². The molecule has 0 saturated heterocycles. The van der Waals surface area contributed by atoms with Gasteiger partial charge in [-0.3, -0.25) is 0 Å². The normalized spacial score (nSPS) is 11.4. The first-order valence-corrected chi connectivity index (χ1v) is 8.43. The molecule has 7 nitrogen and oxygen atoms in total. The number of hydrogen-bond donors (Lipinski definition) is 2. The number of nitrogens with one attached hydrogen (secondary N) is 2. The van der Waals surface area contributed by atoms with Gasteiger partial charge in [0.2, 0.25) is 10.5 Å². The lowest BCUT2D eigenvalue weighted by atomic mass is 10.4. The Labute approximate surface area is 119 Å². The lowest BCUT2D eigenvalue weighted by Gasteiger charge is -2.24. The van der Waals surface area contributed by atoms with E-state index < -0.39 is 8.80 Å². The molecule has 0 aliphatic heterocycles. The highest BCUT2D eigenvalue weighted by molar-refractivity contribution is 6.63. The number of hydrogen-bond acceptors (Lipinski definition) is 5. The van der Waals surface area contributed by atoms with Crippen LogP contribution in [0.4, 0.5) is 4.79 Å². The van der Waals surface area contributed by atoms with Gasteiger partial charge in [-0.15, -0.1) is 0 Å². The quantitative estimate of drug-likeness (QED) is 0.416. The number of urea groups is 1.